The number of halogens is 1. The maximum absolute atomic E-state index is 13.2. The fourth-order valence-corrected chi connectivity index (χ4v) is 3.98. The fraction of sp³-hybridized carbons (Fsp3) is 0.250. The highest BCUT2D eigenvalue weighted by molar-refractivity contribution is 6.00. The van der Waals surface area contributed by atoms with Gasteiger partial charge in [-0.3, -0.25) is 4.79 Å². The molecule has 4 rings (SSSR count). The first-order chi connectivity index (χ1) is 18.4. The van der Waals surface area contributed by atoms with Crippen LogP contribution < -0.4 is 20.1 Å². The molecule has 198 valence electrons. The Kier molecular flexibility index (Phi) is 8.55. The smallest absolute Gasteiger partial charge is 0.247 e. The van der Waals surface area contributed by atoms with Crippen LogP contribution in [0.5, 0.6) is 11.5 Å². The highest BCUT2D eigenvalue weighted by Crippen LogP contribution is 2.38. The number of aromatic nitrogens is 3. The van der Waals surface area contributed by atoms with Gasteiger partial charge in [-0.25, -0.2) is 14.4 Å². The average Bonchev–Trinajstić information content (AvgIpc) is 3.28. The molecule has 0 spiro atoms. The van der Waals surface area contributed by atoms with E-state index in [1.54, 1.807) is 31.5 Å². The van der Waals surface area contributed by atoms with Crippen molar-refractivity contribution in [2.75, 3.05) is 51.7 Å². The van der Waals surface area contributed by atoms with Gasteiger partial charge in [-0.05, 0) is 38.4 Å². The second-order valence-electron chi connectivity index (χ2n) is 8.73. The maximum Gasteiger partial charge on any atom is 0.247 e. The zero-order valence-corrected chi connectivity index (χ0v) is 21.7. The summed E-state index contributed by atoms with van der Waals surface area (Å²) >= 11 is 0. The number of hydrogen-bond acceptors (Lipinski definition) is 7. The van der Waals surface area contributed by atoms with Gasteiger partial charge in [0, 0.05) is 41.5 Å². The van der Waals surface area contributed by atoms with E-state index in [1.807, 2.05) is 54.0 Å². The lowest BCUT2D eigenvalue weighted by molar-refractivity contribution is -0.111. The summed E-state index contributed by atoms with van der Waals surface area (Å²) in [5, 5.41) is 6.94. The minimum atomic E-state index is -0.464. The van der Waals surface area contributed by atoms with Gasteiger partial charge < -0.3 is 29.6 Å². The van der Waals surface area contributed by atoms with Gasteiger partial charge in [-0.15, -0.1) is 0 Å². The molecule has 0 atom stereocenters. The van der Waals surface area contributed by atoms with Crippen LogP contribution in [0.25, 0.3) is 22.2 Å². The molecule has 9 nitrogen and oxygen atoms in total. The number of fused-ring (bicyclic) bond motifs is 1. The molecular formula is C28H31FN6O3. The molecule has 0 radical (unpaired) electrons. The number of carbonyl (C=O) groups is 1. The van der Waals surface area contributed by atoms with Crippen molar-refractivity contribution in [2.45, 2.75) is 6.54 Å². The quantitative estimate of drug-likeness (QED) is 0.258. The van der Waals surface area contributed by atoms with Crippen LogP contribution in [-0.2, 0) is 11.3 Å². The lowest BCUT2D eigenvalue weighted by Gasteiger charge is -2.18. The van der Waals surface area contributed by atoms with Crippen molar-refractivity contribution < 1.29 is 18.7 Å². The van der Waals surface area contributed by atoms with Gasteiger partial charge in [0.2, 0.25) is 11.9 Å². The number of anilines is 3. The fourth-order valence-electron chi connectivity index (χ4n) is 3.98. The molecule has 10 heteroatoms. The maximum atomic E-state index is 13.2. The highest BCUT2D eigenvalue weighted by atomic mass is 19.1. The zero-order valence-electron chi connectivity index (χ0n) is 21.7. The summed E-state index contributed by atoms with van der Waals surface area (Å²) in [6, 6.07) is 13.0. The summed E-state index contributed by atoms with van der Waals surface area (Å²) < 4.78 is 26.6. The Morgan fingerprint density at radius 2 is 2.00 bits per heavy atom. The Morgan fingerprint density at radius 3 is 2.74 bits per heavy atom. The Hall–Kier alpha value is -4.44. The molecule has 2 aromatic carbocycles. The topological polar surface area (TPSA) is 93.5 Å². The number of nitrogens with one attached hydrogen (secondary N) is 2. The van der Waals surface area contributed by atoms with Crippen LogP contribution in [-0.4, -0.2) is 66.4 Å². The number of para-hydroxylation sites is 1. The molecule has 4 aromatic rings. The monoisotopic (exact) mass is 518 g/mol. The van der Waals surface area contributed by atoms with Gasteiger partial charge in [0.25, 0.3) is 0 Å². The number of rotatable bonds is 12. The second-order valence-corrected chi connectivity index (χ2v) is 8.73. The SMILES string of the molecule is C=CC(=O)Nc1cc(Nc2nccc(-c3cn(CCF)c4ccccc34)n2)c(OC)cc1OCCN(C)C. The number of aryl methyl sites for hydroxylation is 1. The predicted octanol–water partition coefficient (Wildman–Crippen LogP) is 4.88. The Bertz CT molecular complexity index is 1440. The van der Waals surface area contributed by atoms with E-state index in [0.29, 0.717) is 47.7 Å². The summed E-state index contributed by atoms with van der Waals surface area (Å²) in [7, 11) is 5.44. The molecule has 0 fully saturated rings. The van der Waals surface area contributed by atoms with E-state index >= 15 is 0 Å². The van der Waals surface area contributed by atoms with Crippen molar-refractivity contribution in [3.8, 4) is 22.8 Å². The average molecular weight is 519 g/mol. The first kappa shape index (κ1) is 26.6. The Balaban J connectivity index is 1.68. The number of ether oxygens (including phenoxy) is 2. The predicted molar refractivity (Wildman–Crippen MR) is 148 cm³/mol. The molecular weight excluding hydrogens is 487 g/mol. The number of hydrogen-bond donors (Lipinski definition) is 2. The standard InChI is InChI=1S/C28H31FN6O3/c1-5-27(36)31-23-16-22(25(37-4)17-26(23)38-15-14-34(2)3)33-28-30-12-10-21(32-28)20-18-35(13-11-29)24-9-7-6-8-19(20)24/h5-10,12,16-18H,1,11,13-15H2,2-4H3,(H,31,36)(H,30,32,33). The van der Waals surface area contributed by atoms with Crippen LogP contribution >= 0.6 is 0 Å². The molecule has 0 aliphatic heterocycles. The number of likely N-dealkylation sites (N-methyl/N-ethyl adjacent to an activating group) is 1. The first-order valence-corrected chi connectivity index (χ1v) is 12.1. The molecule has 2 N–H and O–H groups in total. The van der Waals surface area contributed by atoms with Crippen molar-refractivity contribution in [2.24, 2.45) is 0 Å². The summed E-state index contributed by atoms with van der Waals surface area (Å²) in [5.74, 6) is 0.890. The third-order valence-corrected chi connectivity index (χ3v) is 5.83. The molecule has 0 aliphatic rings. The molecule has 0 unspecified atom stereocenters. The molecule has 2 heterocycles. The number of benzene rings is 2. The third-order valence-electron chi connectivity index (χ3n) is 5.83. The highest BCUT2D eigenvalue weighted by Gasteiger charge is 2.16. The molecule has 0 saturated carbocycles. The number of alkyl halides is 1. The third kappa shape index (κ3) is 6.09. The molecule has 1 amide bonds. The van der Waals surface area contributed by atoms with E-state index in [0.717, 1.165) is 16.5 Å². The normalized spacial score (nSPS) is 11.0. The van der Waals surface area contributed by atoms with E-state index in [-0.39, 0.29) is 12.5 Å². The van der Waals surface area contributed by atoms with Gasteiger partial charge in [-0.1, -0.05) is 24.8 Å². The lowest BCUT2D eigenvalue weighted by Crippen LogP contribution is -2.20. The van der Waals surface area contributed by atoms with Gasteiger partial charge in [-0.2, -0.15) is 0 Å². The molecule has 2 aromatic heterocycles. The van der Waals surface area contributed by atoms with Gasteiger partial charge in [0.15, 0.2) is 0 Å². The van der Waals surface area contributed by atoms with Crippen molar-refractivity contribution in [3.05, 3.63) is 67.5 Å². The Morgan fingerprint density at radius 1 is 1.18 bits per heavy atom. The first-order valence-electron chi connectivity index (χ1n) is 12.1. The van der Waals surface area contributed by atoms with Gasteiger partial charge in [0.05, 0.1) is 30.7 Å². The summed E-state index contributed by atoms with van der Waals surface area (Å²) in [4.78, 5) is 23.2. The van der Waals surface area contributed by atoms with E-state index < -0.39 is 6.67 Å². The summed E-state index contributed by atoms with van der Waals surface area (Å²) in [6.45, 7) is 4.43. The summed E-state index contributed by atoms with van der Waals surface area (Å²) in [6.07, 6.45) is 4.74. The lowest BCUT2D eigenvalue weighted by atomic mass is 10.1. The van der Waals surface area contributed by atoms with E-state index in [1.165, 1.54) is 6.08 Å². The number of amides is 1. The van der Waals surface area contributed by atoms with Crippen LogP contribution in [0.1, 0.15) is 0 Å². The van der Waals surface area contributed by atoms with Gasteiger partial charge in [0.1, 0.15) is 24.8 Å². The largest absolute Gasteiger partial charge is 0.494 e. The number of carbonyl (C=O) groups excluding carboxylic acids is 1. The van der Waals surface area contributed by atoms with E-state index in [2.05, 4.69) is 22.2 Å². The minimum absolute atomic E-state index is 0.260. The number of nitrogens with zero attached hydrogens (tertiary/aromatic N) is 4. The van der Waals surface area contributed by atoms with E-state index in [9.17, 15) is 9.18 Å². The second kappa shape index (κ2) is 12.2. The van der Waals surface area contributed by atoms with Crippen LogP contribution in [0.15, 0.2) is 67.5 Å². The molecule has 0 saturated heterocycles. The van der Waals surface area contributed by atoms with Crippen LogP contribution in [0.3, 0.4) is 0 Å². The molecule has 38 heavy (non-hydrogen) atoms. The van der Waals surface area contributed by atoms with Crippen LogP contribution in [0.2, 0.25) is 0 Å². The van der Waals surface area contributed by atoms with E-state index in [4.69, 9.17) is 14.5 Å². The van der Waals surface area contributed by atoms with Crippen molar-refractivity contribution in [3.63, 3.8) is 0 Å². The van der Waals surface area contributed by atoms with Crippen molar-refractivity contribution >= 4 is 34.1 Å². The minimum Gasteiger partial charge on any atom is -0.494 e. The zero-order chi connectivity index (χ0) is 27.1. The molecule has 0 aliphatic carbocycles. The summed E-state index contributed by atoms with van der Waals surface area (Å²) in [5.41, 5.74) is 3.46. The Labute approximate surface area is 220 Å². The van der Waals surface area contributed by atoms with Crippen molar-refractivity contribution in [1.82, 2.24) is 19.4 Å². The van der Waals surface area contributed by atoms with Crippen LogP contribution in [0, 0.1) is 0 Å². The van der Waals surface area contributed by atoms with Gasteiger partial charge >= 0.3 is 0 Å². The number of methoxy groups -OCH3 is 1. The molecule has 0 bridgehead atoms. The van der Waals surface area contributed by atoms with Crippen molar-refractivity contribution in [1.29, 1.82) is 0 Å². The van der Waals surface area contributed by atoms with Crippen LogP contribution in [0.4, 0.5) is 21.7 Å².